The Labute approximate surface area is 112 Å². The molecule has 0 atom stereocenters. The summed E-state index contributed by atoms with van der Waals surface area (Å²) < 4.78 is 0. The van der Waals surface area contributed by atoms with Crippen molar-refractivity contribution < 1.29 is 14.7 Å². The Morgan fingerprint density at radius 3 is 2.32 bits per heavy atom. The van der Waals surface area contributed by atoms with Crippen molar-refractivity contribution >= 4 is 11.9 Å². The lowest BCUT2D eigenvalue weighted by atomic mass is 9.84. The SMILES string of the molecule is CC(=O)NCC#Cc1ccc(C(C)(C)C(=O)O)cc1. The van der Waals surface area contributed by atoms with Gasteiger partial charge in [0.05, 0.1) is 12.0 Å². The number of amides is 1. The lowest BCUT2D eigenvalue weighted by molar-refractivity contribution is -0.142. The van der Waals surface area contributed by atoms with Crippen molar-refractivity contribution in [3.05, 3.63) is 35.4 Å². The molecule has 4 nitrogen and oxygen atoms in total. The molecular weight excluding hydrogens is 242 g/mol. The van der Waals surface area contributed by atoms with Crippen molar-refractivity contribution in [3.63, 3.8) is 0 Å². The van der Waals surface area contributed by atoms with E-state index in [4.69, 9.17) is 5.11 Å². The van der Waals surface area contributed by atoms with Crippen molar-refractivity contribution in [1.29, 1.82) is 0 Å². The van der Waals surface area contributed by atoms with E-state index in [2.05, 4.69) is 17.2 Å². The summed E-state index contributed by atoms with van der Waals surface area (Å²) in [4.78, 5) is 21.8. The molecule has 0 saturated heterocycles. The molecule has 1 aromatic rings. The quantitative estimate of drug-likeness (QED) is 0.809. The van der Waals surface area contributed by atoms with Gasteiger partial charge in [-0.05, 0) is 31.5 Å². The predicted octanol–water partition coefficient (Wildman–Crippen LogP) is 1.54. The third-order valence-electron chi connectivity index (χ3n) is 2.80. The molecule has 0 aliphatic rings. The lowest BCUT2D eigenvalue weighted by Gasteiger charge is -2.19. The topological polar surface area (TPSA) is 66.4 Å². The van der Waals surface area contributed by atoms with Crippen LogP contribution in [0.15, 0.2) is 24.3 Å². The van der Waals surface area contributed by atoms with Gasteiger partial charge in [-0.3, -0.25) is 9.59 Å². The minimum absolute atomic E-state index is 0.118. The van der Waals surface area contributed by atoms with E-state index in [1.54, 1.807) is 38.1 Å². The van der Waals surface area contributed by atoms with Gasteiger partial charge in [0.25, 0.3) is 0 Å². The summed E-state index contributed by atoms with van der Waals surface area (Å²) >= 11 is 0. The molecule has 1 rings (SSSR count). The number of carboxylic acid groups (broad SMARTS) is 1. The smallest absolute Gasteiger partial charge is 0.313 e. The molecule has 4 heteroatoms. The summed E-state index contributed by atoms with van der Waals surface area (Å²) in [5.74, 6) is 4.73. The zero-order valence-corrected chi connectivity index (χ0v) is 11.3. The summed E-state index contributed by atoms with van der Waals surface area (Å²) in [5.41, 5.74) is 0.602. The largest absolute Gasteiger partial charge is 0.481 e. The highest BCUT2D eigenvalue weighted by Crippen LogP contribution is 2.23. The lowest BCUT2D eigenvalue weighted by Crippen LogP contribution is -2.28. The maximum atomic E-state index is 11.1. The molecule has 1 aromatic carbocycles. The first-order valence-electron chi connectivity index (χ1n) is 5.91. The zero-order valence-electron chi connectivity index (χ0n) is 11.3. The van der Waals surface area contributed by atoms with Crippen molar-refractivity contribution in [1.82, 2.24) is 5.32 Å². The summed E-state index contributed by atoms with van der Waals surface area (Å²) in [6.07, 6.45) is 0. The summed E-state index contributed by atoms with van der Waals surface area (Å²) in [6, 6.07) is 7.08. The van der Waals surface area contributed by atoms with Crippen LogP contribution in [0.2, 0.25) is 0 Å². The average Bonchev–Trinajstić information content (AvgIpc) is 2.35. The molecule has 0 spiro atoms. The first-order valence-corrected chi connectivity index (χ1v) is 5.91. The number of nitrogens with one attached hydrogen (secondary N) is 1. The van der Waals surface area contributed by atoms with Crippen molar-refractivity contribution in [2.75, 3.05) is 6.54 Å². The van der Waals surface area contributed by atoms with Crippen LogP contribution in [0.5, 0.6) is 0 Å². The highest BCUT2D eigenvalue weighted by molar-refractivity contribution is 5.80. The fraction of sp³-hybridized carbons (Fsp3) is 0.333. The molecule has 0 aliphatic heterocycles. The molecule has 100 valence electrons. The standard InChI is InChI=1S/C15H17NO3/c1-11(17)16-10-4-5-12-6-8-13(9-7-12)15(2,3)14(18)19/h6-9H,10H2,1-3H3,(H,16,17)(H,18,19). The number of aliphatic carboxylic acids is 1. The minimum atomic E-state index is -0.915. The number of carbonyl (C=O) groups is 2. The Hall–Kier alpha value is -2.28. The number of carboxylic acids is 1. The summed E-state index contributed by atoms with van der Waals surface area (Å²) in [6.45, 7) is 5.06. The Balaban J connectivity index is 2.77. The van der Waals surface area contributed by atoms with Gasteiger partial charge in [0.15, 0.2) is 0 Å². The fourth-order valence-electron chi connectivity index (χ4n) is 1.41. The predicted molar refractivity (Wildman–Crippen MR) is 72.7 cm³/mol. The van der Waals surface area contributed by atoms with Crippen LogP contribution in [0, 0.1) is 11.8 Å². The van der Waals surface area contributed by atoms with Gasteiger partial charge in [0.2, 0.25) is 5.91 Å². The van der Waals surface area contributed by atoms with E-state index >= 15 is 0 Å². The van der Waals surface area contributed by atoms with Crippen LogP contribution >= 0.6 is 0 Å². The number of rotatable bonds is 3. The molecule has 1 amide bonds. The second-order valence-electron chi connectivity index (χ2n) is 4.72. The van der Waals surface area contributed by atoms with Gasteiger partial charge < -0.3 is 10.4 Å². The van der Waals surface area contributed by atoms with Crippen LogP contribution in [0.3, 0.4) is 0 Å². The van der Waals surface area contributed by atoms with Gasteiger partial charge in [-0.1, -0.05) is 24.0 Å². The minimum Gasteiger partial charge on any atom is -0.481 e. The monoisotopic (exact) mass is 259 g/mol. The molecule has 0 aliphatic carbocycles. The second-order valence-corrected chi connectivity index (χ2v) is 4.72. The summed E-state index contributed by atoms with van der Waals surface area (Å²) in [7, 11) is 0. The van der Waals surface area contributed by atoms with Crippen LogP contribution in [-0.4, -0.2) is 23.5 Å². The molecular formula is C15H17NO3. The molecule has 0 aromatic heterocycles. The van der Waals surface area contributed by atoms with E-state index in [0.717, 1.165) is 11.1 Å². The van der Waals surface area contributed by atoms with Crippen LogP contribution < -0.4 is 5.32 Å². The van der Waals surface area contributed by atoms with Crippen LogP contribution in [0.1, 0.15) is 31.9 Å². The van der Waals surface area contributed by atoms with Gasteiger partial charge in [-0.2, -0.15) is 0 Å². The van der Waals surface area contributed by atoms with Crippen LogP contribution in [0.25, 0.3) is 0 Å². The maximum Gasteiger partial charge on any atom is 0.313 e. The third-order valence-corrected chi connectivity index (χ3v) is 2.80. The second kappa shape index (κ2) is 6.05. The third kappa shape index (κ3) is 4.14. The normalized spacial score (nSPS) is 10.3. The Bertz CT molecular complexity index is 533. The number of carbonyl (C=O) groups excluding carboxylic acids is 1. The Morgan fingerprint density at radius 2 is 1.84 bits per heavy atom. The molecule has 0 radical (unpaired) electrons. The van der Waals surface area contributed by atoms with Gasteiger partial charge in [-0.15, -0.1) is 0 Å². The van der Waals surface area contributed by atoms with Crippen molar-refractivity contribution in [2.24, 2.45) is 0 Å². The molecule has 0 fully saturated rings. The van der Waals surface area contributed by atoms with Crippen molar-refractivity contribution in [3.8, 4) is 11.8 Å². The molecule has 0 heterocycles. The first-order chi connectivity index (χ1) is 8.84. The Kier molecular flexibility index (Phi) is 4.71. The van der Waals surface area contributed by atoms with Gasteiger partial charge in [0.1, 0.15) is 0 Å². The number of hydrogen-bond acceptors (Lipinski definition) is 2. The molecule has 0 unspecified atom stereocenters. The highest BCUT2D eigenvalue weighted by atomic mass is 16.4. The average molecular weight is 259 g/mol. The van der Waals surface area contributed by atoms with Gasteiger partial charge in [-0.25, -0.2) is 0 Å². The van der Waals surface area contributed by atoms with Crippen molar-refractivity contribution in [2.45, 2.75) is 26.2 Å². The van der Waals surface area contributed by atoms with Crippen LogP contribution in [0.4, 0.5) is 0 Å². The van der Waals surface area contributed by atoms with E-state index < -0.39 is 11.4 Å². The molecule has 0 saturated carbocycles. The molecule has 0 bridgehead atoms. The zero-order chi connectivity index (χ0) is 14.5. The fourth-order valence-corrected chi connectivity index (χ4v) is 1.41. The van der Waals surface area contributed by atoms with Gasteiger partial charge >= 0.3 is 5.97 Å². The number of hydrogen-bond donors (Lipinski definition) is 2. The summed E-state index contributed by atoms with van der Waals surface area (Å²) in [5, 5.41) is 11.7. The van der Waals surface area contributed by atoms with E-state index in [9.17, 15) is 9.59 Å². The van der Waals surface area contributed by atoms with Gasteiger partial charge in [0, 0.05) is 12.5 Å². The van der Waals surface area contributed by atoms with E-state index in [-0.39, 0.29) is 5.91 Å². The number of benzene rings is 1. The molecule has 2 N–H and O–H groups in total. The Morgan fingerprint density at radius 1 is 1.26 bits per heavy atom. The maximum absolute atomic E-state index is 11.1. The van der Waals surface area contributed by atoms with E-state index in [1.165, 1.54) is 6.92 Å². The highest BCUT2D eigenvalue weighted by Gasteiger charge is 2.28. The van der Waals surface area contributed by atoms with E-state index in [1.807, 2.05) is 0 Å². The first kappa shape index (κ1) is 14.8. The van der Waals surface area contributed by atoms with E-state index in [0.29, 0.717) is 6.54 Å². The van der Waals surface area contributed by atoms with Crippen LogP contribution in [-0.2, 0) is 15.0 Å². The molecule has 19 heavy (non-hydrogen) atoms.